The molecule has 32 heavy (non-hydrogen) atoms. The SMILES string of the molecule is O=C(Nc1cccc(CNC(=O)C(c2ccccc2)N2CCCCC2=O)c1)c1ccco1. The van der Waals surface area contributed by atoms with Gasteiger partial charge in [0.2, 0.25) is 11.8 Å². The fourth-order valence-corrected chi connectivity index (χ4v) is 3.85. The summed E-state index contributed by atoms with van der Waals surface area (Å²) in [5, 5.41) is 5.74. The minimum absolute atomic E-state index is 0.00267. The Morgan fingerprint density at radius 1 is 1.00 bits per heavy atom. The number of benzene rings is 2. The van der Waals surface area contributed by atoms with Gasteiger partial charge in [-0.25, -0.2) is 0 Å². The second-order valence-electron chi connectivity index (χ2n) is 7.71. The normalized spacial score (nSPS) is 14.6. The third kappa shape index (κ3) is 5.06. The topological polar surface area (TPSA) is 91.7 Å². The van der Waals surface area contributed by atoms with Crippen molar-refractivity contribution in [2.24, 2.45) is 0 Å². The van der Waals surface area contributed by atoms with Crippen LogP contribution in [0.1, 0.15) is 47.0 Å². The Balaban J connectivity index is 1.45. The van der Waals surface area contributed by atoms with Crippen molar-refractivity contribution in [3.63, 3.8) is 0 Å². The van der Waals surface area contributed by atoms with Crippen LogP contribution in [-0.2, 0) is 16.1 Å². The number of carbonyl (C=O) groups excluding carboxylic acids is 3. The van der Waals surface area contributed by atoms with Crippen molar-refractivity contribution in [1.29, 1.82) is 0 Å². The lowest BCUT2D eigenvalue weighted by Crippen LogP contribution is -2.45. The molecule has 4 rings (SSSR count). The number of hydrogen-bond donors (Lipinski definition) is 2. The minimum atomic E-state index is -0.661. The Labute approximate surface area is 186 Å². The standard InChI is InChI=1S/C25H25N3O4/c29-22-13-4-5-14-28(22)23(19-9-2-1-3-10-19)25(31)26-17-18-8-6-11-20(16-18)27-24(30)21-12-7-15-32-21/h1-3,6-12,15-16,23H,4-5,13-14,17H2,(H,26,31)(H,27,30). The first-order valence-electron chi connectivity index (χ1n) is 10.7. The zero-order valence-electron chi connectivity index (χ0n) is 17.6. The van der Waals surface area contributed by atoms with Crippen LogP contribution in [0.4, 0.5) is 5.69 Å². The Morgan fingerprint density at radius 3 is 2.59 bits per heavy atom. The third-order valence-electron chi connectivity index (χ3n) is 5.43. The summed E-state index contributed by atoms with van der Waals surface area (Å²) in [6, 6.07) is 19.2. The van der Waals surface area contributed by atoms with Gasteiger partial charge in [0.25, 0.3) is 5.91 Å². The molecule has 7 heteroatoms. The number of anilines is 1. The summed E-state index contributed by atoms with van der Waals surface area (Å²) >= 11 is 0. The van der Waals surface area contributed by atoms with E-state index >= 15 is 0 Å². The number of nitrogens with one attached hydrogen (secondary N) is 2. The highest BCUT2D eigenvalue weighted by Gasteiger charge is 2.32. The molecule has 0 bridgehead atoms. The van der Waals surface area contributed by atoms with Crippen LogP contribution >= 0.6 is 0 Å². The maximum absolute atomic E-state index is 13.2. The van der Waals surface area contributed by atoms with E-state index in [0.717, 1.165) is 24.0 Å². The molecule has 1 saturated heterocycles. The van der Waals surface area contributed by atoms with Gasteiger partial charge < -0.3 is 20.0 Å². The number of likely N-dealkylation sites (tertiary alicyclic amines) is 1. The van der Waals surface area contributed by atoms with Crippen molar-refractivity contribution in [3.8, 4) is 0 Å². The predicted molar refractivity (Wildman–Crippen MR) is 120 cm³/mol. The van der Waals surface area contributed by atoms with E-state index in [1.807, 2.05) is 42.5 Å². The molecule has 2 N–H and O–H groups in total. The smallest absolute Gasteiger partial charge is 0.291 e. The molecule has 1 atom stereocenters. The number of nitrogens with zero attached hydrogens (tertiary/aromatic N) is 1. The first kappa shape index (κ1) is 21.4. The number of piperidine rings is 1. The van der Waals surface area contributed by atoms with Gasteiger partial charge in [-0.2, -0.15) is 0 Å². The predicted octanol–water partition coefficient (Wildman–Crippen LogP) is 3.90. The van der Waals surface area contributed by atoms with Gasteiger partial charge in [0, 0.05) is 25.2 Å². The molecule has 0 saturated carbocycles. The van der Waals surface area contributed by atoms with Crippen molar-refractivity contribution in [2.45, 2.75) is 31.8 Å². The number of hydrogen-bond acceptors (Lipinski definition) is 4. The van der Waals surface area contributed by atoms with E-state index in [1.165, 1.54) is 6.26 Å². The Kier molecular flexibility index (Phi) is 6.65. The van der Waals surface area contributed by atoms with E-state index in [9.17, 15) is 14.4 Å². The molecular formula is C25H25N3O4. The fourth-order valence-electron chi connectivity index (χ4n) is 3.85. The molecule has 1 aliphatic heterocycles. The van der Waals surface area contributed by atoms with Crippen LogP contribution in [-0.4, -0.2) is 29.2 Å². The molecule has 2 aromatic carbocycles. The van der Waals surface area contributed by atoms with Gasteiger partial charge in [0.1, 0.15) is 6.04 Å². The van der Waals surface area contributed by atoms with Gasteiger partial charge in [-0.3, -0.25) is 14.4 Å². The zero-order valence-corrected chi connectivity index (χ0v) is 17.6. The van der Waals surface area contributed by atoms with Gasteiger partial charge >= 0.3 is 0 Å². The molecule has 3 amide bonds. The molecule has 1 fully saturated rings. The second kappa shape index (κ2) is 9.96. The second-order valence-corrected chi connectivity index (χ2v) is 7.71. The average Bonchev–Trinajstić information content (AvgIpc) is 3.35. The van der Waals surface area contributed by atoms with Crippen molar-refractivity contribution >= 4 is 23.4 Å². The first-order chi connectivity index (χ1) is 15.6. The molecule has 0 aliphatic carbocycles. The van der Waals surface area contributed by atoms with Crippen molar-refractivity contribution in [3.05, 3.63) is 89.9 Å². The lowest BCUT2D eigenvalue weighted by Gasteiger charge is -2.34. The highest BCUT2D eigenvalue weighted by atomic mass is 16.3. The molecule has 1 aliphatic rings. The fraction of sp³-hybridized carbons (Fsp3) is 0.240. The van der Waals surface area contributed by atoms with Crippen LogP contribution in [0.3, 0.4) is 0 Å². The molecular weight excluding hydrogens is 406 g/mol. The van der Waals surface area contributed by atoms with Crippen molar-refractivity contribution < 1.29 is 18.8 Å². The number of carbonyl (C=O) groups is 3. The number of furan rings is 1. The van der Waals surface area contributed by atoms with E-state index < -0.39 is 6.04 Å². The van der Waals surface area contributed by atoms with Crippen LogP contribution in [0, 0.1) is 0 Å². The van der Waals surface area contributed by atoms with Gasteiger partial charge in [-0.15, -0.1) is 0 Å². The van der Waals surface area contributed by atoms with Gasteiger partial charge in [0.15, 0.2) is 5.76 Å². The van der Waals surface area contributed by atoms with Gasteiger partial charge in [0.05, 0.1) is 6.26 Å². The van der Waals surface area contributed by atoms with Crippen LogP contribution in [0.2, 0.25) is 0 Å². The maximum Gasteiger partial charge on any atom is 0.291 e. The van der Waals surface area contributed by atoms with Crippen LogP contribution in [0.25, 0.3) is 0 Å². The summed E-state index contributed by atoms with van der Waals surface area (Å²) in [5.41, 5.74) is 2.22. The summed E-state index contributed by atoms with van der Waals surface area (Å²) in [6.45, 7) is 0.842. The summed E-state index contributed by atoms with van der Waals surface area (Å²) in [7, 11) is 0. The molecule has 7 nitrogen and oxygen atoms in total. The average molecular weight is 431 g/mol. The summed E-state index contributed by atoms with van der Waals surface area (Å²) < 4.78 is 5.11. The Bertz CT molecular complexity index is 1080. The molecule has 1 unspecified atom stereocenters. The maximum atomic E-state index is 13.2. The monoisotopic (exact) mass is 431 g/mol. The van der Waals surface area contributed by atoms with Crippen molar-refractivity contribution in [2.75, 3.05) is 11.9 Å². The Morgan fingerprint density at radius 2 is 1.84 bits per heavy atom. The summed E-state index contributed by atoms with van der Waals surface area (Å²) in [4.78, 5) is 39.6. The van der Waals surface area contributed by atoms with Crippen molar-refractivity contribution in [1.82, 2.24) is 10.2 Å². The summed E-state index contributed by atoms with van der Waals surface area (Å²) in [6.07, 6.45) is 3.65. The Hall–Kier alpha value is -3.87. The molecule has 1 aromatic heterocycles. The number of rotatable bonds is 7. The van der Waals surface area contributed by atoms with Gasteiger partial charge in [-0.1, -0.05) is 42.5 Å². The molecule has 3 aromatic rings. The van der Waals surface area contributed by atoms with E-state index in [-0.39, 0.29) is 30.0 Å². The van der Waals surface area contributed by atoms with Crippen LogP contribution in [0.15, 0.2) is 77.4 Å². The van der Waals surface area contributed by atoms with E-state index in [2.05, 4.69) is 10.6 Å². The lowest BCUT2D eigenvalue weighted by atomic mass is 10.0. The third-order valence-corrected chi connectivity index (χ3v) is 5.43. The molecule has 2 heterocycles. The zero-order chi connectivity index (χ0) is 22.3. The van der Waals surface area contributed by atoms with E-state index in [4.69, 9.17) is 4.42 Å². The van der Waals surface area contributed by atoms with E-state index in [0.29, 0.717) is 18.7 Å². The van der Waals surface area contributed by atoms with Gasteiger partial charge in [-0.05, 0) is 48.2 Å². The van der Waals surface area contributed by atoms with Crippen LogP contribution < -0.4 is 10.6 Å². The highest BCUT2D eigenvalue weighted by molar-refractivity contribution is 6.02. The lowest BCUT2D eigenvalue weighted by molar-refractivity contribution is -0.142. The quantitative estimate of drug-likeness (QED) is 0.594. The molecule has 0 spiro atoms. The first-order valence-corrected chi connectivity index (χ1v) is 10.7. The summed E-state index contributed by atoms with van der Waals surface area (Å²) in [5.74, 6) is -0.344. The molecule has 164 valence electrons. The van der Waals surface area contributed by atoms with Crippen LogP contribution in [0.5, 0.6) is 0 Å². The number of amides is 3. The minimum Gasteiger partial charge on any atom is -0.459 e. The van der Waals surface area contributed by atoms with E-state index in [1.54, 1.807) is 29.2 Å². The highest BCUT2D eigenvalue weighted by Crippen LogP contribution is 2.26. The molecule has 0 radical (unpaired) electrons. The largest absolute Gasteiger partial charge is 0.459 e.